The van der Waals surface area contributed by atoms with Gasteiger partial charge in [0.25, 0.3) is 0 Å². The van der Waals surface area contributed by atoms with Crippen molar-refractivity contribution in [1.29, 1.82) is 0 Å². The van der Waals surface area contributed by atoms with Crippen LogP contribution in [0.4, 0.5) is 0 Å². The average Bonchev–Trinajstić information content (AvgIpc) is 3.30. The molecule has 0 bridgehead atoms. The van der Waals surface area contributed by atoms with Crippen LogP contribution in [-0.2, 0) is 16.1 Å². The summed E-state index contributed by atoms with van der Waals surface area (Å²) in [5.74, 6) is 2.13. The van der Waals surface area contributed by atoms with E-state index in [0.717, 1.165) is 5.56 Å². The molecule has 4 rings (SSSR count). The lowest BCUT2D eigenvalue weighted by Gasteiger charge is -2.25. The average molecular weight is 374 g/mol. The normalized spacial score (nSPS) is 18.8. The third-order valence-electron chi connectivity index (χ3n) is 4.17. The Kier molecular flexibility index (Phi) is 4.75. The van der Waals surface area contributed by atoms with Crippen LogP contribution in [0.5, 0.6) is 11.5 Å². The van der Waals surface area contributed by atoms with E-state index in [9.17, 15) is 9.59 Å². The molecule has 2 aromatic rings. The van der Waals surface area contributed by atoms with Gasteiger partial charge in [-0.15, -0.1) is 11.8 Å². The van der Waals surface area contributed by atoms with E-state index in [4.69, 9.17) is 13.9 Å². The standard InChI is InChI=1S/C18H18N2O5S/c21-16(19-9-13-2-1-5-23-13)10-20-17(22)11-26-18(20)12-3-4-14-15(8-12)25-7-6-24-14/h1-5,8,18H,6-7,9-11H2,(H,19,21)/t18-/m0/s1. The first-order chi connectivity index (χ1) is 12.7. The fraction of sp³-hybridized carbons (Fsp3) is 0.333. The van der Waals surface area contributed by atoms with Crippen molar-refractivity contribution >= 4 is 23.6 Å². The molecule has 136 valence electrons. The summed E-state index contributed by atoms with van der Waals surface area (Å²) in [7, 11) is 0. The SMILES string of the molecule is O=C(CN1C(=O)CS[C@H]1c1ccc2c(c1)OCCO2)NCc1ccco1. The van der Waals surface area contributed by atoms with Crippen LogP contribution in [0.25, 0.3) is 0 Å². The molecule has 2 aliphatic rings. The molecular formula is C18H18N2O5S. The van der Waals surface area contributed by atoms with Crippen LogP contribution < -0.4 is 14.8 Å². The Morgan fingerprint density at radius 2 is 2.08 bits per heavy atom. The lowest BCUT2D eigenvalue weighted by molar-refractivity contribution is -0.133. The second kappa shape index (κ2) is 7.33. The Balaban J connectivity index is 1.44. The molecule has 3 heterocycles. The van der Waals surface area contributed by atoms with Crippen molar-refractivity contribution in [3.05, 3.63) is 47.9 Å². The number of hydrogen-bond acceptors (Lipinski definition) is 6. The molecule has 1 saturated heterocycles. The van der Waals surface area contributed by atoms with Gasteiger partial charge in [0.05, 0.1) is 18.6 Å². The van der Waals surface area contributed by atoms with Crippen LogP contribution in [0.3, 0.4) is 0 Å². The molecule has 0 spiro atoms. The molecule has 0 radical (unpaired) electrons. The summed E-state index contributed by atoms with van der Waals surface area (Å²) in [6.07, 6.45) is 1.56. The van der Waals surface area contributed by atoms with Gasteiger partial charge in [0, 0.05) is 0 Å². The summed E-state index contributed by atoms with van der Waals surface area (Å²) in [5, 5.41) is 2.56. The fourth-order valence-corrected chi connectivity index (χ4v) is 4.10. The van der Waals surface area contributed by atoms with Crippen molar-refractivity contribution in [2.75, 3.05) is 25.5 Å². The smallest absolute Gasteiger partial charge is 0.240 e. The van der Waals surface area contributed by atoms with Crippen molar-refractivity contribution in [3.8, 4) is 11.5 Å². The van der Waals surface area contributed by atoms with Crippen LogP contribution >= 0.6 is 11.8 Å². The molecule has 1 N–H and O–H groups in total. The highest BCUT2D eigenvalue weighted by Crippen LogP contribution is 2.41. The number of rotatable bonds is 5. The van der Waals surface area contributed by atoms with Crippen molar-refractivity contribution < 1.29 is 23.5 Å². The van der Waals surface area contributed by atoms with E-state index in [1.807, 2.05) is 18.2 Å². The van der Waals surface area contributed by atoms with Gasteiger partial charge in [0.1, 0.15) is 30.9 Å². The number of nitrogens with zero attached hydrogens (tertiary/aromatic N) is 1. The number of amides is 2. The maximum absolute atomic E-state index is 12.3. The quantitative estimate of drug-likeness (QED) is 0.862. The summed E-state index contributed by atoms with van der Waals surface area (Å²) in [6, 6.07) is 9.20. The van der Waals surface area contributed by atoms with Crippen LogP contribution in [0.15, 0.2) is 41.0 Å². The first-order valence-corrected chi connectivity index (χ1v) is 9.35. The number of nitrogens with one attached hydrogen (secondary N) is 1. The molecule has 0 saturated carbocycles. The Morgan fingerprint density at radius 3 is 2.88 bits per heavy atom. The topological polar surface area (TPSA) is 81.0 Å². The highest BCUT2D eigenvalue weighted by Gasteiger charge is 2.34. The number of ether oxygens (including phenoxy) is 2. The minimum Gasteiger partial charge on any atom is -0.486 e. The largest absolute Gasteiger partial charge is 0.486 e. The zero-order valence-electron chi connectivity index (χ0n) is 14.0. The summed E-state index contributed by atoms with van der Waals surface area (Å²) in [4.78, 5) is 26.1. The Hall–Kier alpha value is -2.61. The number of furan rings is 1. The summed E-state index contributed by atoms with van der Waals surface area (Å²) in [6.45, 7) is 1.35. The minimum absolute atomic E-state index is 0.00561. The molecular weight excluding hydrogens is 356 g/mol. The number of carbonyl (C=O) groups is 2. The first kappa shape index (κ1) is 16.8. The Labute approximate surface area is 154 Å². The van der Waals surface area contributed by atoms with Gasteiger partial charge >= 0.3 is 0 Å². The molecule has 8 heteroatoms. The number of hydrogen-bond donors (Lipinski definition) is 1. The zero-order chi connectivity index (χ0) is 17.9. The number of fused-ring (bicyclic) bond motifs is 1. The second-order valence-electron chi connectivity index (χ2n) is 5.94. The zero-order valence-corrected chi connectivity index (χ0v) is 14.8. The molecule has 1 aromatic heterocycles. The maximum Gasteiger partial charge on any atom is 0.240 e. The first-order valence-electron chi connectivity index (χ1n) is 8.30. The molecule has 1 fully saturated rings. The Morgan fingerprint density at radius 1 is 1.23 bits per heavy atom. The van der Waals surface area contributed by atoms with E-state index >= 15 is 0 Å². The summed E-state index contributed by atoms with van der Waals surface area (Å²) >= 11 is 1.50. The molecule has 7 nitrogen and oxygen atoms in total. The van der Waals surface area contributed by atoms with Gasteiger partial charge in [-0.05, 0) is 29.8 Å². The van der Waals surface area contributed by atoms with Gasteiger partial charge < -0.3 is 24.1 Å². The molecule has 2 aliphatic heterocycles. The van der Waals surface area contributed by atoms with E-state index in [2.05, 4.69) is 5.32 Å². The number of carbonyl (C=O) groups excluding carboxylic acids is 2. The molecule has 0 unspecified atom stereocenters. The van der Waals surface area contributed by atoms with E-state index in [-0.39, 0.29) is 23.7 Å². The van der Waals surface area contributed by atoms with Gasteiger partial charge in [-0.1, -0.05) is 6.07 Å². The summed E-state index contributed by atoms with van der Waals surface area (Å²) < 4.78 is 16.3. The predicted molar refractivity (Wildman–Crippen MR) is 94.9 cm³/mol. The van der Waals surface area contributed by atoms with Gasteiger partial charge in [-0.2, -0.15) is 0 Å². The van der Waals surface area contributed by atoms with Crippen LogP contribution in [0.2, 0.25) is 0 Å². The van der Waals surface area contributed by atoms with E-state index in [1.54, 1.807) is 23.3 Å². The lowest BCUT2D eigenvalue weighted by atomic mass is 10.1. The molecule has 2 amide bonds. The molecule has 26 heavy (non-hydrogen) atoms. The van der Waals surface area contributed by atoms with E-state index < -0.39 is 0 Å². The fourth-order valence-electron chi connectivity index (χ4n) is 2.92. The van der Waals surface area contributed by atoms with Crippen LogP contribution in [0, 0.1) is 0 Å². The monoisotopic (exact) mass is 374 g/mol. The number of thioether (sulfide) groups is 1. The van der Waals surface area contributed by atoms with Gasteiger partial charge in [-0.25, -0.2) is 0 Å². The molecule has 0 aliphatic carbocycles. The molecule has 1 aromatic carbocycles. The third kappa shape index (κ3) is 3.50. The van der Waals surface area contributed by atoms with Crippen molar-refractivity contribution in [2.24, 2.45) is 0 Å². The Bertz CT molecular complexity index is 808. The minimum atomic E-state index is -0.222. The third-order valence-corrected chi connectivity index (χ3v) is 5.43. The summed E-state index contributed by atoms with van der Waals surface area (Å²) in [5.41, 5.74) is 0.920. The maximum atomic E-state index is 12.3. The highest BCUT2D eigenvalue weighted by atomic mass is 32.2. The van der Waals surface area contributed by atoms with Crippen LogP contribution in [0.1, 0.15) is 16.7 Å². The number of benzene rings is 1. The van der Waals surface area contributed by atoms with Crippen molar-refractivity contribution in [1.82, 2.24) is 10.2 Å². The van der Waals surface area contributed by atoms with Gasteiger partial charge in [-0.3, -0.25) is 9.59 Å². The van der Waals surface area contributed by atoms with E-state index in [0.29, 0.717) is 42.8 Å². The van der Waals surface area contributed by atoms with Crippen molar-refractivity contribution in [3.63, 3.8) is 0 Å². The highest BCUT2D eigenvalue weighted by molar-refractivity contribution is 8.00. The predicted octanol–water partition coefficient (Wildman–Crippen LogP) is 1.94. The van der Waals surface area contributed by atoms with Gasteiger partial charge in [0.15, 0.2) is 11.5 Å². The molecule has 1 atom stereocenters. The van der Waals surface area contributed by atoms with Crippen LogP contribution in [-0.4, -0.2) is 42.2 Å². The van der Waals surface area contributed by atoms with Gasteiger partial charge in [0.2, 0.25) is 11.8 Å². The van der Waals surface area contributed by atoms with E-state index in [1.165, 1.54) is 11.8 Å². The van der Waals surface area contributed by atoms with Crippen molar-refractivity contribution in [2.45, 2.75) is 11.9 Å². The lowest BCUT2D eigenvalue weighted by Crippen LogP contribution is -2.39. The second-order valence-corrected chi connectivity index (χ2v) is 7.01.